The Morgan fingerprint density at radius 1 is 0.569 bits per heavy atom. The average Bonchev–Trinajstić information content (AvgIpc) is 3.27. The van der Waals surface area contributed by atoms with Gasteiger partial charge < -0.3 is 33.5 Å². The van der Waals surface area contributed by atoms with Crippen molar-refractivity contribution in [2.75, 3.05) is 19.8 Å². The lowest BCUT2D eigenvalue weighted by Crippen LogP contribution is -2.61. The van der Waals surface area contributed by atoms with Gasteiger partial charge in [0.1, 0.15) is 31.5 Å². The van der Waals surface area contributed by atoms with Gasteiger partial charge in [-0.15, -0.1) is 11.8 Å². The van der Waals surface area contributed by atoms with Crippen molar-refractivity contribution in [1.82, 2.24) is 0 Å². The fraction of sp³-hybridized carbons (Fsp3) is 0.265. The van der Waals surface area contributed by atoms with Gasteiger partial charge >= 0.3 is 0 Å². The number of halogens is 1. The number of hydrogen-bond donors (Lipinski definition) is 1. The first-order valence-corrected chi connectivity index (χ1v) is 21.3. The van der Waals surface area contributed by atoms with E-state index < -0.39 is 23.2 Å². The highest BCUT2D eigenvalue weighted by atomic mass is 79.9. The van der Waals surface area contributed by atoms with Gasteiger partial charge in [0.15, 0.2) is 16.4 Å². The van der Waals surface area contributed by atoms with Gasteiger partial charge in [-0.05, 0) is 63.6 Å². The minimum Gasteiger partial charge on any atom is -0.486 e. The zero-order valence-corrected chi connectivity index (χ0v) is 34.6. The van der Waals surface area contributed by atoms with E-state index in [-0.39, 0.29) is 11.9 Å². The SMILES string of the molecule is OC1(c2ccc(Br)c(Cc3ccc4c(c3)OCCO4)c2)S[C@H](COCc2ccccc2)[C@@H](OCc2ccccc2)[C@H](OCc2ccccc2)[C@H]1OCc1ccccc1. The van der Waals surface area contributed by atoms with Crippen LogP contribution in [0, 0.1) is 0 Å². The molecule has 0 radical (unpaired) electrons. The van der Waals surface area contributed by atoms with Crippen LogP contribution in [-0.4, -0.2) is 48.5 Å². The van der Waals surface area contributed by atoms with Crippen molar-refractivity contribution in [2.24, 2.45) is 0 Å². The summed E-state index contributed by atoms with van der Waals surface area (Å²) in [7, 11) is 0. The number of rotatable bonds is 16. The van der Waals surface area contributed by atoms with Crippen LogP contribution in [0.5, 0.6) is 11.5 Å². The van der Waals surface area contributed by atoms with Crippen molar-refractivity contribution in [2.45, 2.75) is 61.3 Å². The fourth-order valence-corrected chi connectivity index (χ4v) is 9.42. The van der Waals surface area contributed by atoms with E-state index in [1.807, 2.05) is 121 Å². The summed E-state index contributed by atoms with van der Waals surface area (Å²) in [5, 5.41) is 13.1. The molecule has 1 unspecified atom stereocenters. The predicted molar refractivity (Wildman–Crippen MR) is 231 cm³/mol. The summed E-state index contributed by atoms with van der Waals surface area (Å²) < 4.78 is 39.9. The van der Waals surface area contributed by atoms with Gasteiger partial charge in [-0.1, -0.05) is 155 Å². The third kappa shape index (κ3) is 10.0. The molecule has 0 aromatic heterocycles. The molecule has 5 atom stereocenters. The smallest absolute Gasteiger partial charge is 0.165 e. The van der Waals surface area contributed by atoms with Crippen molar-refractivity contribution in [1.29, 1.82) is 0 Å². The second-order valence-electron chi connectivity index (χ2n) is 14.6. The van der Waals surface area contributed by atoms with E-state index in [2.05, 4.69) is 52.3 Å². The predicted octanol–water partition coefficient (Wildman–Crippen LogP) is 10.0. The Bertz CT molecular complexity index is 2190. The second kappa shape index (κ2) is 19.5. The van der Waals surface area contributed by atoms with Crippen LogP contribution in [0.3, 0.4) is 0 Å². The Kier molecular flexibility index (Phi) is 13.6. The fourth-order valence-electron chi connectivity index (χ4n) is 7.44. The molecule has 2 aliphatic heterocycles. The number of benzene rings is 6. The van der Waals surface area contributed by atoms with E-state index in [1.54, 1.807) is 0 Å². The highest BCUT2D eigenvalue weighted by molar-refractivity contribution is 9.10. The zero-order valence-electron chi connectivity index (χ0n) is 32.2. The lowest BCUT2D eigenvalue weighted by atomic mass is 9.91. The molecule has 0 spiro atoms. The van der Waals surface area contributed by atoms with Crippen LogP contribution in [0.25, 0.3) is 0 Å². The molecule has 0 aliphatic carbocycles. The summed E-state index contributed by atoms with van der Waals surface area (Å²) >= 11 is 5.25. The molecule has 0 amide bonds. The standard InChI is InChI=1S/C49H47BrO7S/c50-42-23-22-41(29-40(42)27-39-21-24-43-44(28-39)54-26-25-53-43)49(51)48(57-33-38-19-11-4-12-20-38)47(56-32-37-17-9-3-10-18-37)46(55-31-36-15-7-2-8-16-36)45(58-49)34-52-30-35-13-5-1-6-14-35/h1-24,28-29,45-48,51H,25-27,30-34H2/t45-,46-,47+,48-,49?/m1/s1. The Morgan fingerprint density at radius 2 is 1.10 bits per heavy atom. The van der Waals surface area contributed by atoms with Crippen molar-refractivity contribution in [3.63, 3.8) is 0 Å². The zero-order chi connectivity index (χ0) is 39.6. The number of hydrogen-bond acceptors (Lipinski definition) is 8. The highest BCUT2D eigenvalue weighted by Crippen LogP contribution is 2.51. The van der Waals surface area contributed by atoms with E-state index >= 15 is 0 Å². The minimum atomic E-state index is -1.58. The molecular weight excluding hydrogens is 813 g/mol. The first-order chi connectivity index (χ1) is 28.5. The molecular formula is C49H47BrO7S. The second-order valence-corrected chi connectivity index (χ2v) is 16.9. The van der Waals surface area contributed by atoms with Crippen molar-refractivity contribution >= 4 is 27.7 Å². The molecule has 2 aliphatic rings. The van der Waals surface area contributed by atoms with Crippen molar-refractivity contribution in [3.8, 4) is 11.5 Å². The summed E-state index contributed by atoms with van der Waals surface area (Å²) in [5.41, 5.74) is 6.88. The maximum Gasteiger partial charge on any atom is 0.165 e. The van der Waals surface area contributed by atoms with Gasteiger partial charge in [-0.2, -0.15) is 0 Å². The van der Waals surface area contributed by atoms with E-state index in [9.17, 15) is 5.11 Å². The first-order valence-electron chi connectivity index (χ1n) is 19.7. The maximum absolute atomic E-state index is 13.5. The molecule has 0 bridgehead atoms. The number of ether oxygens (including phenoxy) is 6. The van der Waals surface area contributed by atoms with E-state index in [0.717, 1.165) is 49.4 Å². The molecule has 6 aromatic rings. The Hall–Kier alpha value is -4.45. The lowest BCUT2D eigenvalue weighted by molar-refractivity contribution is -0.199. The first kappa shape index (κ1) is 40.3. The van der Waals surface area contributed by atoms with Crippen LogP contribution < -0.4 is 9.47 Å². The monoisotopic (exact) mass is 858 g/mol. The molecule has 2 heterocycles. The van der Waals surface area contributed by atoms with Crippen LogP contribution in [0.15, 0.2) is 162 Å². The van der Waals surface area contributed by atoms with Gasteiger partial charge in [0.25, 0.3) is 0 Å². The van der Waals surface area contributed by atoms with Crippen LogP contribution >= 0.6 is 27.7 Å². The average molecular weight is 860 g/mol. The third-order valence-electron chi connectivity index (χ3n) is 10.4. The normalized spacial score (nSPS) is 21.4. The molecule has 6 aromatic carbocycles. The quantitative estimate of drug-likeness (QED) is 0.103. The summed E-state index contributed by atoms with van der Waals surface area (Å²) in [5.74, 6) is 1.49. The molecule has 1 fully saturated rings. The largest absolute Gasteiger partial charge is 0.486 e. The minimum absolute atomic E-state index is 0.265. The van der Waals surface area contributed by atoms with Gasteiger partial charge in [0.2, 0.25) is 0 Å². The molecule has 7 nitrogen and oxygen atoms in total. The highest BCUT2D eigenvalue weighted by Gasteiger charge is 2.56. The van der Waals surface area contributed by atoms with Gasteiger partial charge in [0, 0.05) is 4.47 Å². The van der Waals surface area contributed by atoms with Crippen molar-refractivity contribution < 1.29 is 33.5 Å². The van der Waals surface area contributed by atoms with Crippen LogP contribution in [0.1, 0.15) is 38.9 Å². The van der Waals surface area contributed by atoms with Crippen LogP contribution in [-0.2, 0) is 56.7 Å². The number of fused-ring (bicyclic) bond motifs is 1. The molecule has 58 heavy (non-hydrogen) atoms. The number of aliphatic hydroxyl groups is 1. The molecule has 298 valence electrons. The van der Waals surface area contributed by atoms with Gasteiger partial charge in [-0.3, -0.25) is 0 Å². The molecule has 1 N–H and O–H groups in total. The number of thioether (sulfide) groups is 1. The molecule has 9 heteroatoms. The Balaban J connectivity index is 1.18. The summed E-state index contributed by atoms with van der Waals surface area (Å²) in [6, 6.07) is 52.5. The Morgan fingerprint density at radius 3 is 1.71 bits per heavy atom. The lowest BCUT2D eigenvalue weighted by Gasteiger charge is -2.50. The van der Waals surface area contributed by atoms with Gasteiger partial charge in [-0.25, -0.2) is 0 Å². The molecule has 8 rings (SSSR count). The van der Waals surface area contributed by atoms with Crippen LogP contribution in [0.2, 0.25) is 0 Å². The maximum atomic E-state index is 13.5. The van der Waals surface area contributed by atoms with Crippen LogP contribution in [0.4, 0.5) is 0 Å². The van der Waals surface area contributed by atoms with Crippen molar-refractivity contribution in [3.05, 3.63) is 201 Å². The van der Waals surface area contributed by atoms with Gasteiger partial charge in [0.05, 0.1) is 38.3 Å². The molecule has 0 saturated carbocycles. The van der Waals surface area contributed by atoms with E-state index in [0.29, 0.717) is 51.6 Å². The van der Waals surface area contributed by atoms with E-state index in [1.165, 1.54) is 11.8 Å². The summed E-state index contributed by atoms with van der Waals surface area (Å²) in [6.07, 6.45) is -1.47. The van der Waals surface area contributed by atoms with E-state index in [4.69, 9.17) is 28.4 Å². The summed E-state index contributed by atoms with van der Waals surface area (Å²) in [4.78, 5) is -1.58. The third-order valence-corrected chi connectivity index (χ3v) is 12.7. The molecule has 1 saturated heterocycles. The Labute approximate surface area is 353 Å². The summed E-state index contributed by atoms with van der Waals surface area (Å²) in [6.45, 7) is 2.70. The topological polar surface area (TPSA) is 75.6 Å².